The summed E-state index contributed by atoms with van der Waals surface area (Å²) >= 11 is 1.37. The van der Waals surface area contributed by atoms with Crippen LogP contribution in [0.4, 0.5) is 4.39 Å². The Bertz CT molecular complexity index is 1060. The average Bonchev–Trinajstić information content (AvgIpc) is 3.29. The molecule has 1 amide bonds. The lowest BCUT2D eigenvalue weighted by atomic mass is 10.1. The molecule has 0 spiro atoms. The van der Waals surface area contributed by atoms with Gasteiger partial charge >= 0.3 is 0 Å². The first-order valence-electron chi connectivity index (χ1n) is 8.18. The summed E-state index contributed by atoms with van der Waals surface area (Å²) in [4.78, 5) is 17.0. The Morgan fingerprint density at radius 1 is 1.15 bits per heavy atom. The lowest BCUT2D eigenvalue weighted by Gasteiger charge is -2.07. The fraction of sp³-hybridized carbons (Fsp3) is 0.100. The molecule has 0 saturated carbocycles. The minimum Gasteiger partial charge on any atom is -0.347 e. The van der Waals surface area contributed by atoms with Crippen molar-refractivity contribution in [3.8, 4) is 0 Å². The van der Waals surface area contributed by atoms with E-state index in [-0.39, 0.29) is 11.7 Å². The number of thiophene rings is 1. The van der Waals surface area contributed by atoms with Crippen molar-refractivity contribution in [2.24, 2.45) is 0 Å². The molecule has 130 valence electrons. The highest BCUT2D eigenvalue weighted by Crippen LogP contribution is 2.26. The Labute approximate surface area is 153 Å². The Hall–Kier alpha value is -2.99. The average molecular weight is 365 g/mol. The van der Waals surface area contributed by atoms with Crippen LogP contribution in [0.1, 0.15) is 20.8 Å². The summed E-state index contributed by atoms with van der Waals surface area (Å²) in [5, 5.41) is 3.69. The SMILES string of the molecule is O=C(NCc1cccc(Cn2ccnc2)c1)c1cc2cc(F)ccc2s1. The van der Waals surface area contributed by atoms with E-state index < -0.39 is 0 Å². The fourth-order valence-electron chi connectivity index (χ4n) is 2.82. The van der Waals surface area contributed by atoms with E-state index in [1.165, 1.54) is 23.5 Å². The van der Waals surface area contributed by atoms with Crippen molar-refractivity contribution in [2.75, 3.05) is 0 Å². The molecule has 6 heteroatoms. The number of nitrogens with zero attached hydrogens (tertiary/aromatic N) is 2. The van der Waals surface area contributed by atoms with Gasteiger partial charge in [0.25, 0.3) is 5.91 Å². The number of carbonyl (C=O) groups is 1. The highest BCUT2D eigenvalue weighted by Gasteiger charge is 2.10. The van der Waals surface area contributed by atoms with E-state index in [0.717, 1.165) is 27.8 Å². The summed E-state index contributed by atoms with van der Waals surface area (Å²) in [5.74, 6) is -0.441. The summed E-state index contributed by atoms with van der Waals surface area (Å²) < 4.78 is 16.2. The molecular formula is C20H16FN3OS. The second-order valence-corrected chi connectivity index (χ2v) is 7.11. The molecule has 0 aliphatic carbocycles. The number of fused-ring (bicyclic) bond motifs is 1. The van der Waals surface area contributed by atoms with Crippen LogP contribution in [0.3, 0.4) is 0 Å². The third-order valence-corrected chi connectivity index (χ3v) is 5.19. The molecule has 4 rings (SSSR count). The Balaban J connectivity index is 1.43. The smallest absolute Gasteiger partial charge is 0.261 e. The maximum atomic E-state index is 13.3. The van der Waals surface area contributed by atoms with Crippen molar-refractivity contribution in [1.29, 1.82) is 0 Å². The van der Waals surface area contributed by atoms with Gasteiger partial charge in [-0.3, -0.25) is 4.79 Å². The molecule has 2 aromatic carbocycles. The molecule has 4 aromatic rings. The summed E-state index contributed by atoms with van der Waals surface area (Å²) in [6, 6.07) is 14.4. The molecule has 0 fully saturated rings. The maximum Gasteiger partial charge on any atom is 0.261 e. The standard InChI is InChI=1S/C20H16FN3OS/c21-17-4-5-18-16(9-17)10-19(26-18)20(25)23-11-14-2-1-3-15(8-14)12-24-7-6-22-13-24/h1-10,13H,11-12H2,(H,23,25). The minimum absolute atomic E-state index is 0.147. The normalized spacial score (nSPS) is 11.0. The molecule has 2 aromatic heterocycles. The second-order valence-electron chi connectivity index (χ2n) is 6.03. The zero-order valence-electron chi connectivity index (χ0n) is 13.9. The number of amides is 1. The van der Waals surface area contributed by atoms with Crippen molar-refractivity contribution < 1.29 is 9.18 Å². The Morgan fingerprint density at radius 3 is 2.88 bits per heavy atom. The molecule has 2 heterocycles. The highest BCUT2D eigenvalue weighted by molar-refractivity contribution is 7.20. The van der Waals surface area contributed by atoms with E-state index in [2.05, 4.69) is 16.4 Å². The van der Waals surface area contributed by atoms with Crippen molar-refractivity contribution >= 4 is 27.3 Å². The molecule has 0 aliphatic rings. The largest absolute Gasteiger partial charge is 0.347 e. The number of hydrogen-bond donors (Lipinski definition) is 1. The Kier molecular flexibility index (Phi) is 4.50. The van der Waals surface area contributed by atoms with Gasteiger partial charge in [0.2, 0.25) is 0 Å². The van der Waals surface area contributed by atoms with Crippen molar-refractivity contribution in [3.63, 3.8) is 0 Å². The van der Waals surface area contributed by atoms with Gasteiger partial charge < -0.3 is 9.88 Å². The number of halogens is 1. The van der Waals surface area contributed by atoms with Gasteiger partial charge in [0.15, 0.2) is 0 Å². The first kappa shape index (κ1) is 16.5. The van der Waals surface area contributed by atoms with E-state index in [9.17, 15) is 9.18 Å². The quantitative estimate of drug-likeness (QED) is 0.576. The molecule has 0 bridgehead atoms. The van der Waals surface area contributed by atoms with Gasteiger partial charge in [-0.25, -0.2) is 9.37 Å². The lowest BCUT2D eigenvalue weighted by Crippen LogP contribution is -2.21. The zero-order chi connectivity index (χ0) is 17.9. The van der Waals surface area contributed by atoms with E-state index in [0.29, 0.717) is 11.4 Å². The van der Waals surface area contributed by atoms with E-state index >= 15 is 0 Å². The predicted octanol–water partition coefficient (Wildman–Crippen LogP) is 4.22. The van der Waals surface area contributed by atoms with Gasteiger partial charge in [0.1, 0.15) is 5.82 Å². The highest BCUT2D eigenvalue weighted by atomic mass is 32.1. The van der Waals surface area contributed by atoms with Gasteiger partial charge in [-0.05, 0) is 40.8 Å². The fourth-order valence-corrected chi connectivity index (χ4v) is 3.78. The van der Waals surface area contributed by atoms with Crippen LogP contribution in [0.5, 0.6) is 0 Å². The van der Waals surface area contributed by atoms with Crippen LogP contribution in [0, 0.1) is 5.82 Å². The third-order valence-electron chi connectivity index (χ3n) is 4.07. The zero-order valence-corrected chi connectivity index (χ0v) is 14.7. The summed E-state index contributed by atoms with van der Waals surface area (Å²) in [6.07, 6.45) is 5.44. The molecule has 0 radical (unpaired) electrons. The summed E-state index contributed by atoms with van der Waals surface area (Å²) in [6.45, 7) is 1.18. The molecule has 0 saturated heterocycles. The topological polar surface area (TPSA) is 46.9 Å². The first-order valence-corrected chi connectivity index (χ1v) is 9.00. The van der Waals surface area contributed by atoms with Crippen LogP contribution in [-0.4, -0.2) is 15.5 Å². The van der Waals surface area contributed by atoms with E-state index in [4.69, 9.17) is 0 Å². The van der Waals surface area contributed by atoms with Crippen LogP contribution in [0.25, 0.3) is 10.1 Å². The molecule has 1 N–H and O–H groups in total. The molecular weight excluding hydrogens is 349 g/mol. The number of nitrogens with one attached hydrogen (secondary N) is 1. The van der Waals surface area contributed by atoms with Crippen LogP contribution in [0.2, 0.25) is 0 Å². The third kappa shape index (κ3) is 3.65. The van der Waals surface area contributed by atoms with E-state index in [1.807, 2.05) is 29.0 Å². The van der Waals surface area contributed by atoms with Crippen LogP contribution in [0.15, 0.2) is 67.3 Å². The summed E-state index contributed by atoms with van der Waals surface area (Å²) in [7, 11) is 0. The van der Waals surface area contributed by atoms with Crippen LogP contribution in [-0.2, 0) is 13.1 Å². The van der Waals surface area contributed by atoms with Gasteiger partial charge in [0.05, 0.1) is 11.2 Å². The van der Waals surface area contributed by atoms with Gasteiger partial charge in [-0.2, -0.15) is 0 Å². The van der Waals surface area contributed by atoms with Crippen molar-refractivity contribution in [2.45, 2.75) is 13.1 Å². The number of hydrogen-bond acceptors (Lipinski definition) is 3. The van der Waals surface area contributed by atoms with Crippen molar-refractivity contribution in [3.05, 3.63) is 89.1 Å². The Morgan fingerprint density at radius 2 is 2.04 bits per heavy atom. The van der Waals surface area contributed by atoms with Crippen molar-refractivity contribution in [1.82, 2.24) is 14.9 Å². The number of imidazole rings is 1. The van der Waals surface area contributed by atoms with Gasteiger partial charge in [0, 0.05) is 30.2 Å². The first-order chi connectivity index (χ1) is 12.7. The molecule has 0 unspecified atom stereocenters. The molecule has 0 atom stereocenters. The molecule has 0 aliphatic heterocycles. The van der Waals surface area contributed by atoms with Gasteiger partial charge in [-0.15, -0.1) is 11.3 Å². The van der Waals surface area contributed by atoms with E-state index in [1.54, 1.807) is 24.7 Å². The molecule has 26 heavy (non-hydrogen) atoms. The summed E-state index contributed by atoms with van der Waals surface area (Å²) in [5.41, 5.74) is 2.18. The second kappa shape index (κ2) is 7.09. The number of benzene rings is 2. The monoisotopic (exact) mass is 365 g/mol. The van der Waals surface area contributed by atoms with Gasteiger partial charge in [-0.1, -0.05) is 24.3 Å². The van der Waals surface area contributed by atoms with Crippen LogP contribution >= 0.6 is 11.3 Å². The molecule has 4 nitrogen and oxygen atoms in total. The number of carbonyl (C=O) groups excluding carboxylic acids is 1. The van der Waals surface area contributed by atoms with Crippen LogP contribution < -0.4 is 5.32 Å². The number of rotatable bonds is 5. The minimum atomic E-state index is -0.294. The maximum absolute atomic E-state index is 13.3. The number of aromatic nitrogens is 2. The lowest BCUT2D eigenvalue weighted by molar-refractivity contribution is 0.0955. The predicted molar refractivity (Wildman–Crippen MR) is 101 cm³/mol.